The van der Waals surface area contributed by atoms with Gasteiger partial charge in [-0.05, 0) is 92.3 Å². The number of piperazine rings is 1. The van der Waals surface area contributed by atoms with Crippen molar-refractivity contribution in [1.82, 2.24) is 14.7 Å². The summed E-state index contributed by atoms with van der Waals surface area (Å²) in [6.07, 6.45) is 10.8. The first-order valence-electron chi connectivity index (χ1n) is 23.9. The largest absolute Gasteiger partial charge is 0.482 e. The smallest absolute Gasteiger partial charge is 0.333 e. The molecule has 1 aromatic rings. The second-order valence-corrected chi connectivity index (χ2v) is 20.3. The molecule has 0 aromatic heterocycles. The van der Waals surface area contributed by atoms with E-state index < -0.39 is 64.1 Å². The van der Waals surface area contributed by atoms with Crippen molar-refractivity contribution in [2.75, 3.05) is 66.6 Å². The van der Waals surface area contributed by atoms with E-state index in [2.05, 4.69) is 15.9 Å². The Labute approximate surface area is 390 Å². The maximum absolute atomic E-state index is 16.4. The molecule has 3 aliphatic carbocycles. The van der Waals surface area contributed by atoms with E-state index in [-0.39, 0.29) is 60.1 Å². The zero-order valence-corrected chi connectivity index (χ0v) is 40.8. The summed E-state index contributed by atoms with van der Waals surface area (Å²) in [4.78, 5) is 78.1. The second-order valence-electron chi connectivity index (χ2n) is 20.3. The number of likely N-dealkylation sites (N-methyl/N-ethyl adjacent to an activating group) is 1. The van der Waals surface area contributed by atoms with Gasteiger partial charge in [-0.2, -0.15) is 0 Å². The molecule has 1 spiro atoms. The van der Waals surface area contributed by atoms with Gasteiger partial charge in [0.1, 0.15) is 22.7 Å². The Bertz CT molecular complexity index is 2220. The number of ether oxygens (including phenoxy) is 5. The van der Waals surface area contributed by atoms with Gasteiger partial charge < -0.3 is 38.6 Å². The van der Waals surface area contributed by atoms with Crippen molar-refractivity contribution in [3.8, 4) is 17.2 Å². The van der Waals surface area contributed by atoms with E-state index in [1.807, 2.05) is 73.7 Å². The van der Waals surface area contributed by atoms with Crippen LogP contribution in [0, 0.1) is 23.7 Å². The number of carbonyl (C=O) groups is 5. The lowest BCUT2D eigenvalue weighted by molar-refractivity contribution is -0.255. The van der Waals surface area contributed by atoms with Crippen molar-refractivity contribution in [2.45, 2.75) is 123 Å². The van der Waals surface area contributed by atoms with Crippen molar-refractivity contribution in [2.24, 2.45) is 23.7 Å². The van der Waals surface area contributed by atoms with Crippen molar-refractivity contribution >= 4 is 35.5 Å². The van der Waals surface area contributed by atoms with Gasteiger partial charge in [-0.15, -0.1) is 0 Å². The monoisotopic (exact) mass is 914 g/mol. The van der Waals surface area contributed by atoms with Crippen molar-refractivity contribution in [3.05, 3.63) is 57.7 Å². The minimum Gasteiger partial charge on any atom is -0.482 e. The molecule has 1 aromatic carbocycles. The molecule has 7 unspecified atom stereocenters. The van der Waals surface area contributed by atoms with Crippen LogP contribution in [0.5, 0.6) is 17.2 Å². The maximum Gasteiger partial charge on any atom is 0.333 e. The highest BCUT2D eigenvalue weighted by Gasteiger charge is 2.79. The second kappa shape index (κ2) is 19.5. The molecule has 7 atom stereocenters. The number of methoxy groups -OCH3 is 1. The van der Waals surface area contributed by atoms with Crippen LogP contribution in [0.2, 0.25) is 0 Å². The number of ketones is 2. The van der Waals surface area contributed by atoms with Gasteiger partial charge in [-0.25, -0.2) is 4.79 Å². The third kappa shape index (κ3) is 9.07. The molecule has 8 rings (SSSR count). The van der Waals surface area contributed by atoms with Crippen LogP contribution in [0.3, 0.4) is 0 Å². The summed E-state index contributed by atoms with van der Waals surface area (Å²) in [5, 5.41) is 13.5. The number of esters is 2. The zero-order chi connectivity index (χ0) is 47.9. The van der Waals surface area contributed by atoms with Crippen LogP contribution in [0.1, 0.15) is 115 Å². The molecular weight excluding hydrogens is 843 g/mol. The van der Waals surface area contributed by atoms with Crippen molar-refractivity contribution < 1.29 is 52.8 Å². The van der Waals surface area contributed by atoms with Crippen LogP contribution < -0.4 is 14.2 Å². The molecule has 360 valence electrons. The Balaban J connectivity index is 1.46. The maximum atomic E-state index is 16.4. The first-order valence-corrected chi connectivity index (χ1v) is 23.9. The normalized spacial score (nSPS) is 29.6. The van der Waals surface area contributed by atoms with E-state index in [0.717, 1.165) is 25.1 Å². The molecule has 2 saturated heterocycles. The third-order valence-corrected chi connectivity index (χ3v) is 14.9. The summed E-state index contributed by atoms with van der Waals surface area (Å²) in [7, 11) is 3.28. The number of carbonyl (C=O) groups excluding carboxylic acids is 5. The molecule has 0 radical (unpaired) electrons. The van der Waals surface area contributed by atoms with E-state index in [0.29, 0.717) is 69.1 Å². The number of hydrogen-bond donors (Lipinski definition) is 1. The summed E-state index contributed by atoms with van der Waals surface area (Å²) in [6.45, 7) is 19.9. The molecule has 2 bridgehead atoms. The van der Waals surface area contributed by atoms with Crippen molar-refractivity contribution in [3.63, 3.8) is 0 Å². The van der Waals surface area contributed by atoms with Crippen LogP contribution in [-0.4, -0.2) is 139 Å². The highest BCUT2D eigenvalue weighted by atomic mass is 16.6. The van der Waals surface area contributed by atoms with Crippen LogP contribution >= 0.6 is 0 Å². The number of Topliss-reactive ketones (excluding diaryl/α,β-unsaturated/α-hetero) is 2. The lowest BCUT2D eigenvalue weighted by Gasteiger charge is -2.68. The summed E-state index contributed by atoms with van der Waals surface area (Å²) < 4.78 is 31.9. The Morgan fingerprint density at radius 1 is 0.924 bits per heavy atom. The molecule has 1 amide bonds. The van der Waals surface area contributed by atoms with Crippen molar-refractivity contribution in [1.29, 1.82) is 0 Å². The fraction of sp³-hybridized carbons (Fsp3) is 0.635. The quantitative estimate of drug-likeness (QED) is 0.0958. The molecule has 7 aliphatic rings. The van der Waals surface area contributed by atoms with E-state index in [9.17, 15) is 19.5 Å². The standard InChI is InChI=1S/C52H71N3O11/c1-31(2)12-11-19-50(8)20-18-36-45(65-50)35(14-13-32(3)4)47-41(46(36)64-40(57)16-15-39(56)54-24-22-53(9)23-25-54)44(58)42-43(55-26-28-63-29-27-55)37-30-38(33(5)6)52(42,66-47)51(61,48(37)59)21-17-34(7)49(60)62-10/h12-13,17-18,20,33,37-38,42-43,61H,11,14-16,19,21-30H2,1-10H3/b34-17-. The number of hydrogen-bond acceptors (Lipinski definition) is 13. The number of amides is 1. The fourth-order valence-electron chi connectivity index (χ4n) is 11.3. The molecule has 1 N–H and O–H groups in total. The van der Waals surface area contributed by atoms with Gasteiger partial charge >= 0.3 is 11.9 Å². The molecule has 14 nitrogen and oxygen atoms in total. The van der Waals surface area contributed by atoms with Crippen LogP contribution in [-0.2, 0) is 35.1 Å². The number of nitrogens with zero attached hydrogens (tertiary/aromatic N) is 3. The van der Waals surface area contributed by atoms with E-state index in [1.54, 1.807) is 11.8 Å². The predicted molar refractivity (Wildman–Crippen MR) is 249 cm³/mol. The minimum atomic E-state index is -2.27. The van der Waals surface area contributed by atoms with E-state index in [1.165, 1.54) is 18.8 Å². The summed E-state index contributed by atoms with van der Waals surface area (Å²) in [6, 6.07) is -0.685. The van der Waals surface area contributed by atoms with Gasteiger partial charge in [0.2, 0.25) is 5.91 Å². The number of aliphatic hydroxyl groups is 1. The lowest BCUT2D eigenvalue weighted by Crippen LogP contribution is -2.84. The van der Waals surface area contributed by atoms with Crippen LogP contribution in [0.25, 0.3) is 6.08 Å². The van der Waals surface area contributed by atoms with Gasteiger partial charge in [0.15, 0.2) is 28.5 Å². The first kappa shape index (κ1) is 49.3. The molecule has 66 heavy (non-hydrogen) atoms. The highest BCUT2D eigenvalue weighted by Crippen LogP contribution is 2.65. The van der Waals surface area contributed by atoms with Gasteiger partial charge in [-0.1, -0.05) is 43.2 Å². The summed E-state index contributed by atoms with van der Waals surface area (Å²) in [5.41, 5.74) is -1.58. The average molecular weight is 914 g/mol. The number of allylic oxidation sites excluding steroid dienone is 4. The molecular formula is C52H71N3O11. The van der Waals surface area contributed by atoms with Crippen LogP contribution in [0.15, 0.2) is 41.0 Å². The fourth-order valence-corrected chi connectivity index (χ4v) is 11.3. The molecule has 4 aliphatic heterocycles. The Kier molecular flexibility index (Phi) is 14.6. The molecule has 5 fully saturated rings. The van der Waals surface area contributed by atoms with Gasteiger partial charge in [0.25, 0.3) is 0 Å². The molecule has 4 heterocycles. The van der Waals surface area contributed by atoms with Gasteiger partial charge in [0.05, 0.1) is 38.2 Å². The predicted octanol–water partition coefficient (Wildman–Crippen LogP) is 6.31. The topological polar surface area (TPSA) is 161 Å². The summed E-state index contributed by atoms with van der Waals surface area (Å²) in [5.74, 6) is -4.43. The SMILES string of the molecule is COC(=O)/C(C)=C\CC1(O)C(=O)C2CC(C(C)C)C13Oc1c(CC=C(C)C)c4c(c(OC(=O)CCC(=O)N5CCN(C)CC5)c1C(=O)C3C2N1CCOCC1)C=CC(C)(CCC=C(C)C)O4. The molecule has 3 saturated carbocycles. The third-order valence-electron chi connectivity index (χ3n) is 14.9. The Morgan fingerprint density at radius 2 is 1.61 bits per heavy atom. The Morgan fingerprint density at radius 3 is 2.24 bits per heavy atom. The first-order chi connectivity index (χ1) is 31.3. The Hall–Kier alpha value is -4.63. The number of morpholine rings is 1. The number of benzene rings is 1. The average Bonchev–Trinajstić information content (AvgIpc) is 3.28. The minimum absolute atomic E-state index is 0.0278. The highest BCUT2D eigenvalue weighted by molar-refractivity contribution is 6.11. The van der Waals surface area contributed by atoms with E-state index >= 15 is 9.59 Å². The van der Waals surface area contributed by atoms with Gasteiger partial charge in [-0.3, -0.25) is 24.1 Å². The zero-order valence-electron chi connectivity index (χ0n) is 40.8. The van der Waals surface area contributed by atoms with E-state index in [4.69, 9.17) is 23.7 Å². The lowest BCUT2D eigenvalue weighted by atomic mass is 9.43. The number of fused-ring (bicyclic) bond motifs is 4. The summed E-state index contributed by atoms with van der Waals surface area (Å²) >= 11 is 0. The van der Waals surface area contributed by atoms with Crippen LogP contribution in [0.4, 0.5) is 0 Å². The van der Waals surface area contributed by atoms with Gasteiger partial charge in [0, 0.05) is 81.1 Å². The molecule has 14 heteroatoms. The number of rotatable bonds is 14.